The SMILES string of the molecule is Cn1ccc(-c2cc(C(=O)Nc3cc(-c4ccncc4)nn3-c3ccccc3)c(Cl)cc2C(F)(F)F)n1. The summed E-state index contributed by atoms with van der Waals surface area (Å²) in [6, 6.07) is 17.6. The van der Waals surface area contributed by atoms with Gasteiger partial charge in [0.1, 0.15) is 5.82 Å². The number of hydrogen-bond donors (Lipinski definition) is 1. The van der Waals surface area contributed by atoms with Crippen molar-refractivity contribution in [2.45, 2.75) is 6.18 Å². The van der Waals surface area contributed by atoms with Crippen molar-refractivity contribution < 1.29 is 18.0 Å². The highest BCUT2D eigenvalue weighted by Gasteiger charge is 2.36. The number of nitrogens with one attached hydrogen (secondary N) is 1. The molecule has 0 aliphatic heterocycles. The Balaban J connectivity index is 1.58. The Labute approximate surface area is 214 Å². The average Bonchev–Trinajstić information content (AvgIpc) is 3.51. The molecule has 0 aliphatic rings. The minimum absolute atomic E-state index is 0.0647. The Kier molecular flexibility index (Phi) is 6.26. The second-order valence-electron chi connectivity index (χ2n) is 8.10. The van der Waals surface area contributed by atoms with Gasteiger partial charge in [0.15, 0.2) is 0 Å². The van der Waals surface area contributed by atoms with Crippen LogP contribution in [0.5, 0.6) is 0 Å². The molecular weight excluding hydrogens is 505 g/mol. The zero-order valence-electron chi connectivity index (χ0n) is 19.2. The molecule has 0 unspecified atom stereocenters. The number of carbonyl (C=O) groups is 1. The summed E-state index contributed by atoms with van der Waals surface area (Å²) in [5.41, 5.74) is 0.695. The molecule has 0 spiro atoms. The monoisotopic (exact) mass is 522 g/mol. The van der Waals surface area contributed by atoms with E-state index in [1.54, 1.807) is 37.6 Å². The van der Waals surface area contributed by atoms with E-state index in [0.29, 0.717) is 17.2 Å². The van der Waals surface area contributed by atoms with Crippen molar-refractivity contribution in [3.63, 3.8) is 0 Å². The number of amides is 1. The molecule has 0 fully saturated rings. The lowest BCUT2D eigenvalue weighted by atomic mass is 10.00. The van der Waals surface area contributed by atoms with Crippen LogP contribution in [0.25, 0.3) is 28.2 Å². The molecule has 11 heteroatoms. The molecule has 3 heterocycles. The molecule has 0 bridgehead atoms. The van der Waals surface area contributed by atoms with E-state index in [4.69, 9.17) is 11.6 Å². The van der Waals surface area contributed by atoms with E-state index in [-0.39, 0.29) is 21.8 Å². The van der Waals surface area contributed by atoms with E-state index in [0.717, 1.165) is 17.7 Å². The van der Waals surface area contributed by atoms with Crippen molar-refractivity contribution >= 4 is 23.3 Å². The molecule has 186 valence electrons. The first-order valence-corrected chi connectivity index (χ1v) is 11.4. The van der Waals surface area contributed by atoms with Crippen LogP contribution < -0.4 is 5.32 Å². The Morgan fingerprint density at radius 3 is 2.32 bits per heavy atom. The quantitative estimate of drug-likeness (QED) is 0.295. The Bertz CT molecular complexity index is 1580. The first kappa shape index (κ1) is 24.3. The van der Waals surface area contributed by atoms with Crippen molar-refractivity contribution in [3.05, 3.63) is 101 Å². The summed E-state index contributed by atoms with van der Waals surface area (Å²) in [6.07, 6.45) is 0.0618. The largest absolute Gasteiger partial charge is 0.417 e. The van der Waals surface area contributed by atoms with Crippen LogP contribution in [-0.2, 0) is 13.2 Å². The molecule has 2 aromatic carbocycles. The summed E-state index contributed by atoms with van der Waals surface area (Å²) in [7, 11) is 1.59. The summed E-state index contributed by atoms with van der Waals surface area (Å²) >= 11 is 6.20. The lowest BCUT2D eigenvalue weighted by molar-refractivity contribution is -0.137. The summed E-state index contributed by atoms with van der Waals surface area (Å²) in [5.74, 6) is -0.396. The predicted molar refractivity (Wildman–Crippen MR) is 133 cm³/mol. The fourth-order valence-corrected chi connectivity index (χ4v) is 4.09. The standard InChI is InChI=1S/C26H18ClF3N6O/c1-35-12-9-22(33-35)18-13-19(21(27)14-20(18)26(28,29)30)25(37)32-24-15-23(16-7-10-31-11-8-16)34-36(24)17-5-3-2-4-6-17/h2-15H,1H3,(H,32,37). The molecule has 1 amide bonds. The number of para-hydroxylation sites is 1. The Morgan fingerprint density at radius 1 is 0.946 bits per heavy atom. The fraction of sp³-hybridized carbons (Fsp3) is 0.0769. The van der Waals surface area contributed by atoms with Crippen LogP contribution in [-0.4, -0.2) is 30.5 Å². The third-order valence-electron chi connectivity index (χ3n) is 5.57. The second kappa shape index (κ2) is 9.55. The first-order valence-electron chi connectivity index (χ1n) is 11.0. The number of alkyl halides is 3. The number of hydrogen-bond acceptors (Lipinski definition) is 4. The summed E-state index contributed by atoms with van der Waals surface area (Å²) < 4.78 is 44.3. The highest BCUT2D eigenvalue weighted by molar-refractivity contribution is 6.34. The minimum Gasteiger partial charge on any atom is -0.306 e. The normalized spacial score (nSPS) is 11.5. The van der Waals surface area contributed by atoms with E-state index in [1.165, 1.54) is 21.6 Å². The lowest BCUT2D eigenvalue weighted by Crippen LogP contribution is -2.17. The zero-order chi connectivity index (χ0) is 26.2. The topological polar surface area (TPSA) is 77.6 Å². The summed E-state index contributed by atoms with van der Waals surface area (Å²) in [4.78, 5) is 17.4. The van der Waals surface area contributed by atoms with Gasteiger partial charge in [0.25, 0.3) is 5.91 Å². The van der Waals surface area contributed by atoms with Gasteiger partial charge in [-0.3, -0.25) is 14.5 Å². The molecular formula is C26H18ClF3N6O. The van der Waals surface area contributed by atoms with Crippen LogP contribution in [0.2, 0.25) is 5.02 Å². The van der Waals surface area contributed by atoms with Gasteiger partial charge in [-0.05, 0) is 42.5 Å². The molecule has 0 radical (unpaired) electrons. The van der Waals surface area contributed by atoms with Crippen molar-refractivity contribution in [3.8, 4) is 28.2 Å². The van der Waals surface area contributed by atoms with Crippen LogP contribution in [0.15, 0.2) is 85.3 Å². The van der Waals surface area contributed by atoms with Gasteiger partial charge in [-0.2, -0.15) is 23.4 Å². The molecule has 7 nitrogen and oxygen atoms in total. The number of aryl methyl sites for hydroxylation is 1. The highest BCUT2D eigenvalue weighted by Crippen LogP contribution is 2.39. The van der Waals surface area contributed by atoms with Gasteiger partial charge >= 0.3 is 6.18 Å². The minimum atomic E-state index is -4.70. The van der Waals surface area contributed by atoms with Gasteiger partial charge in [-0.15, -0.1) is 0 Å². The maximum atomic E-state index is 13.8. The van der Waals surface area contributed by atoms with Crippen molar-refractivity contribution in [1.29, 1.82) is 0 Å². The molecule has 0 saturated heterocycles. The number of halogens is 4. The number of anilines is 1. The van der Waals surface area contributed by atoms with E-state index in [9.17, 15) is 18.0 Å². The highest BCUT2D eigenvalue weighted by atomic mass is 35.5. The molecule has 5 aromatic rings. The van der Waals surface area contributed by atoms with E-state index < -0.39 is 17.6 Å². The molecule has 37 heavy (non-hydrogen) atoms. The molecule has 5 rings (SSSR count). The lowest BCUT2D eigenvalue weighted by Gasteiger charge is -2.15. The summed E-state index contributed by atoms with van der Waals surface area (Å²) in [6.45, 7) is 0. The molecule has 0 aliphatic carbocycles. The Morgan fingerprint density at radius 2 is 1.68 bits per heavy atom. The predicted octanol–water partition coefficient (Wildman–Crippen LogP) is 6.26. The van der Waals surface area contributed by atoms with Crippen LogP contribution >= 0.6 is 11.6 Å². The van der Waals surface area contributed by atoms with Gasteiger partial charge in [0, 0.05) is 42.8 Å². The number of carbonyl (C=O) groups excluding carboxylic acids is 1. The van der Waals surface area contributed by atoms with Crippen LogP contribution in [0.1, 0.15) is 15.9 Å². The summed E-state index contributed by atoms with van der Waals surface area (Å²) in [5, 5.41) is 11.1. The van der Waals surface area contributed by atoms with Gasteiger partial charge < -0.3 is 5.32 Å². The third kappa shape index (κ3) is 4.96. The first-order chi connectivity index (χ1) is 17.7. The number of benzene rings is 2. The number of pyridine rings is 1. The molecule has 3 aromatic heterocycles. The third-order valence-corrected chi connectivity index (χ3v) is 5.89. The van der Waals surface area contributed by atoms with E-state index in [2.05, 4.69) is 20.5 Å². The van der Waals surface area contributed by atoms with Gasteiger partial charge in [-0.25, -0.2) is 4.68 Å². The Hall–Kier alpha value is -4.44. The number of aromatic nitrogens is 5. The number of nitrogens with zero attached hydrogens (tertiary/aromatic N) is 5. The number of rotatable bonds is 5. The maximum absolute atomic E-state index is 13.8. The van der Waals surface area contributed by atoms with Crippen molar-refractivity contribution in [2.75, 3.05) is 5.32 Å². The van der Waals surface area contributed by atoms with Crippen molar-refractivity contribution in [1.82, 2.24) is 24.5 Å². The van der Waals surface area contributed by atoms with Gasteiger partial charge in [0.2, 0.25) is 0 Å². The second-order valence-corrected chi connectivity index (χ2v) is 8.51. The zero-order valence-corrected chi connectivity index (χ0v) is 20.0. The van der Waals surface area contributed by atoms with Crippen molar-refractivity contribution in [2.24, 2.45) is 7.05 Å². The maximum Gasteiger partial charge on any atom is 0.417 e. The molecule has 0 atom stereocenters. The average molecular weight is 523 g/mol. The van der Waals surface area contributed by atoms with Gasteiger partial charge in [-0.1, -0.05) is 29.8 Å². The van der Waals surface area contributed by atoms with E-state index >= 15 is 0 Å². The van der Waals surface area contributed by atoms with E-state index in [1.807, 2.05) is 30.3 Å². The van der Waals surface area contributed by atoms with Crippen LogP contribution in [0, 0.1) is 0 Å². The fourth-order valence-electron chi connectivity index (χ4n) is 3.84. The van der Waals surface area contributed by atoms with Gasteiger partial charge in [0.05, 0.1) is 33.2 Å². The van der Waals surface area contributed by atoms with Crippen LogP contribution in [0.3, 0.4) is 0 Å². The smallest absolute Gasteiger partial charge is 0.306 e. The molecule has 0 saturated carbocycles. The molecule has 1 N–H and O–H groups in total. The van der Waals surface area contributed by atoms with Crippen LogP contribution in [0.4, 0.5) is 19.0 Å².